The van der Waals surface area contributed by atoms with Crippen LogP contribution in [0.15, 0.2) is 12.1 Å². The van der Waals surface area contributed by atoms with Gasteiger partial charge in [-0.2, -0.15) is 0 Å². The van der Waals surface area contributed by atoms with Gasteiger partial charge in [-0.15, -0.1) is 0 Å². The van der Waals surface area contributed by atoms with Crippen LogP contribution in [-0.4, -0.2) is 24.1 Å². The van der Waals surface area contributed by atoms with Crippen LogP contribution >= 0.6 is 11.3 Å². The zero-order valence-electron chi connectivity index (χ0n) is 6.90. The Labute approximate surface area is 74.7 Å². The SMILES string of the molecule is CN(C)c1ccc2n[c]sc2n1. The van der Waals surface area contributed by atoms with E-state index in [1.165, 1.54) is 11.3 Å². The minimum absolute atomic E-state index is 0.922. The van der Waals surface area contributed by atoms with Crippen LogP contribution in [0.25, 0.3) is 10.3 Å². The van der Waals surface area contributed by atoms with E-state index in [2.05, 4.69) is 15.5 Å². The molecule has 0 spiro atoms. The van der Waals surface area contributed by atoms with Crippen molar-refractivity contribution in [2.75, 3.05) is 19.0 Å². The fourth-order valence-corrected chi connectivity index (χ4v) is 1.54. The molecule has 0 amide bonds. The van der Waals surface area contributed by atoms with Crippen molar-refractivity contribution in [2.45, 2.75) is 0 Å². The van der Waals surface area contributed by atoms with Crippen LogP contribution in [0.4, 0.5) is 5.82 Å². The van der Waals surface area contributed by atoms with Crippen LogP contribution in [0.2, 0.25) is 0 Å². The summed E-state index contributed by atoms with van der Waals surface area (Å²) >= 11 is 1.44. The lowest BCUT2D eigenvalue weighted by atomic mass is 10.4. The number of rotatable bonds is 1. The van der Waals surface area contributed by atoms with Gasteiger partial charge < -0.3 is 4.90 Å². The van der Waals surface area contributed by atoms with Gasteiger partial charge in [0.25, 0.3) is 0 Å². The van der Waals surface area contributed by atoms with Crippen LogP contribution in [0.3, 0.4) is 0 Å². The maximum Gasteiger partial charge on any atom is 0.155 e. The molecule has 3 nitrogen and oxygen atoms in total. The highest BCUT2D eigenvalue weighted by Gasteiger charge is 2.01. The largest absolute Gasteiger partial charge is 0.363 e. The Morgan fingerprint density at radius 2 is 2.25 bits per heavy atom. The molecule has 2 aromatic heterocycles. The molecule has 0 atom stereocenters. The van der Waals surface area contributed by atoms with E-state index in [9.17, 15) is 0 Å². The second-order valence-corrected chi connectivity index (χ2v) is 3.47. The molecule has 4 heteroatoms. The zero-order valence-corrected chi connectivity index (χ0v) is 7.72. The summed E-state index contributed by atoms with van der Waals surface area (Å²) in [6.07, 6.45) is 0. The third kappa shape index (κ3) is 1.14. The van der Waals surface area contributed by atoms with Gasteiger partial charge in [0.05, 0.1) is 0 Å². The topological polar surface area (TPSA) is 29.0 Å². The van der Waals surface area contributed by atoms with Gasteiger partial charge in [0, 0.05) is 14.1 Å². The summed E-state index contributed by atoms with van der Waals surface area (Å²) in [6, 6.07) is 3.92. The predicted molar refractivity (Wildman–Crippen MR) is 50.6 cm³/mol. The molecule has 2 aromatic rings. The number of pyridine rings is 1. The van der Waals surface area contributed by atoms with Gasteiger partial charge in [-0.3, -0.25) is 0 Å². The number of fused-ring (bicyclic) bond motifs is 1. The molecule has 12 heavy (non-hydrogen) atoms. The van der Waals surface area contributed by atoms with Gasteiger partial charge in [0.1, 0.15) is 16.2 Å². The van der Waals surface area contributed by atoms with Crippen molar-refractivity contribution in [3.8, 4) is 0 Å². The molecule has 2 rings (SSSR count). The highest BCUT2D eigenvalue weighted by atomic mass is 32.1. The first kappa shape index (κ1) is 7.49. The van der Waals surface area contributed by atoms with Crippen LogP contribution < -0.4 is 4.90 Å². The molecule has 0 aliphatic rings. The molecule has 0 bridgehead atoms. The lowest BCUT2D eigenvalue weighted by molar-refractivity contribution is 1.08. The highest BCUT2D eigenvalue weighted by Crippen LogP contribution is 2.18. The normalized spacial score (nSPS) is 10.5. The maximum absolute atomic E-state index is 4.39. The van der Waals surface area contributed by atoms with E-state index >= 15 is 0 Å². The number of hydrogen-bond donors (Lipinski definition) is 0. The Kier molecular flexibility index (Phi) is 1.69. The minimum Gasteiger partial charge on any atom is -0.363 e. The fraction of sp³-hybridized carbons (Fsp3) is 0.250. The number of anilines is 1. The average molecular weight is 178 g/mol. The van der Waals surface area contributed by atoms with Crippen molar-refractivity contribution in [3.63, 3.8) is 0 Å². The quantitative estimate of drug-likeness (QED) is 0.663. The van der Waals surface area contributed by atoms with Crippen molar-refractivity contribution in [1.29, 1.82) is 0 Å². The smallest absolute Gasteiger partial charge is 0.155 e. The van der Waals surface area contributed by atoms with Gasteiger partial charge in [-0.05, 0) is 12.1 Å². The van der Waals surface area contributed by atoms with Crippen molar-refractivity contribution in [1.82, 2.24) is 9.97 Å². The third-order valence-electron chi connectivity index (χ3n) is 1.59. The first-order valence-electron chi connectivity index (χ1n) is 3.58. The van der Waals surface area contributed by atoms with E-state index in [1.54, 1.807) is 0 Å². The summed E-state index contributed by atoms with van der Waals surface area (Å²) in [6.45, 7) is 0. The lowest BCUT2D eigenvalue weighted by Crippen LogP contribution is -2.09. The number of nitrogens with zero attached hydrogens (tertiary/aromatic N) is 3. The minimum atomic E-state index is 0.922. The second kappa shape index (κ2) is 2.71. The van der Waals surface area contributed by atoms with Gasteiger partial charge in [0.15, 0.2) is 5.51 Å². The molecular formula is C8H8N3S. The standard InChI is InChI=1S/C8H8N3S/c1-11(2)7-4-3-6-8(10-7)12-5-9-6/h3-4H,1-2H3. The Bertz CT molecular complexity index is 394. The summed E-state index contributed by atoms with van der Waals surface area (Å²) in [5.74, 6) is 0.958. The Morgan fingerprint density at radius 1 is 1.42 bits per heavy atom. The van der Waals surface area contributed by atoms with E-state index in [4.69, 9.17) is 0 Å². The summed E-state index contributed by atoms with van der Waals surface area (Å²) in [5, 5.41) is 0. The predicted octanol–water partition coefficient (Wildman–Crippen LogP) is 1.56. The fourth-order valence-electron chi connectivity index (χ4n) is 0.948. The first-order valence-corrected chi connectivity index (χ1v) is 4.40. The average Bonchev–Trinajstić information content (AvgIpc) is 2.49. The van der Waals surface area contributed by atoms with Crippen molar-refractivity contribution in [3.05, 3.63) is 17.6 Å². The molecule has 0 saturated carbocycles. The highest BCUT2D eigenvalue weighted by molar-refractivity contribution is 7.15. The second-order valence-electron chi connectivity index (χ2n) is 2.69. The summed E-state index contributed by atoms with van der Waals surface area (Å²) in [4.78, 5) is 11.3. The molecular weight excluding hydrogens is 170 g/mol. The van der Waals surface area contributed by atoms with Crippen molar-refractivity contribution >= 4 is 27.5 Å². The molecule has 0 saturated heterocycles. The van der Waals surface area contributed by atoms with Gasteiger partial charge in [0.2, 0.25) is 0 Å². The molecule has 2 heterocycles. The maximum atomic E-state index is 4.39. The molecule has 0 N–H and O–H groups in total. The van der Waals surface area contributed by atoms with Gasteiger partial charge in [-0.1, -0.05) is 11.3 Å². The molecule has 0 aromatic carbocycles. The van der Waals surface area contributed by atoms with E-state index in [1.807, 2.05) is 31.1 Å². The van der Waals surface area contributed by atoms with Crippen LogP contribution in [0.1, 0.15) is 0 Å². The van der Waals surface area contributed by atoms with Crippen LogP contribution in [0, 0.1) is 5.51 Å². The van der Waals surface area contributed by atoms with E-state index < -0.39 is 0 Å². The summed E-state index contributed by atoms with van der Waals surface area (Å²) in [5.41, 5.74) is 3.74. The molecule has 0 aliphatic carbocycles. The first-order chi connectivity index (χ1) is 5.77. The Balaban J connectivity index is 2.60. The van der Waals surface area contributed by atoms with Gasteiger partial charge in [-0.25, -0.2) is 9.97 Å². The Hall–Kier alpha value is -1.16. The molecule has 1 radical (unpaired) electrons. The van der Waals surface area contributed by atoms with Crippen molar-refractivity contribution < 1.29 is 0 Å². The van der Waals surface area contributed by atoms with E-state index in [-0.39, 0.29) is 0 Å². The van der Waals surface area contributed by atoms with E-state index in [0.717, 1.165) is 16.2 Å². The number of thiazole rings is 1. The molecule has 0 aliphatic heterocycles. The number of hydrogen-bond acceptors (Lipinski definition) is 4. The van der Waals surface area contributed by atoms with Gasteiger partial charge >= 0.3 is 0 Å². The Morgan fingerprint density at radius 3 is 3.00 bits per heavy atom. The molecule has 0 fully saturated rings. The van der Waals surface area contributed by atoms with Crippen LogP contribution in [-0.2, 0) is 0 Å². The zero-order chi connectivity index (χ0) is 8.55. The molecule has 0 unspecified atom stereocenters. The summed E-state index contributed by atoms with van der Waals surface area (Å²) < 4.78 is 0. The monoisotopic (exact) mass is 178 g/mol. The number of aromatic nitrogens is 2. The molecule has 61 valence electrons. The third-order valence-corrected chi connectivity index (χ3v) is 2.27. The van der Waals surface area contributed by atoms with Crippen LogP contribution in [0.5, 0.6) is 0 Å². The van der Waals surface area contributed by atoms with E-state index in [0.29, 0.717) is 0 Å². The van der Waals surface area contributed by atoms with Crippen molar-refractivity contribution in [2.24, 2.45) is 0 Å². The summed E-state index contributed by atoms with van der Waals surface area (Å²) in [7, 11) is 3.94. The lowest BCUT2D eigenvalue weighted by Gasteiger charge is -2.09.